The van der Waals surface area contributed by atoms with Gasteiger partial charge in [0.15, 0.2) is 5.96 Å². The van der Waals surface area contributed by atoms with Gasteiger partial charge in [0, 0.05) is 25.7 Å². The van der Waals surface area contributed by atoms with Gasteiger partial charge in [-0.25, -0.2) is 0 Å². The number of nitrogens with one attached hydrogen (secondary N) is 2. The number of nitrogens with zero attached hydrogens (tertiary/aromatic N) is 2. The first-order chi connectivity index (χ1) is 12.5. The molecular formula is C18H27F3N4O. The molecule has 1 atom stereocenters. The van der Waals surface area contributed by atoms with E-state index in [1.807, 2.05) is 37.3 Å². The topological polar surface area (TPSA) is 48.9 Å². The summed E-state index contributed by atoms with van der Waals surface area (Å²) in [5.41, 5.74) is 1.11. The molecule has 2 N–H and O–H groups in total. The quantitative estimate of drug-likeness (QED) is 0.418. The number of rotatable bonds is 8. The van der Waals surface area contributed by atoms with Gasteiger partial charge in [-0.3, -0.25) is 9.89 Å². The molecule has 0 aliphatic carbocycles. The third-order valence-corrected chi connectivity index (χ3v) is 3.98. The summed E-state index contributed by atoms with van der Waals surface area (Å²) < 4.78 is 43.0. The molecule has 0 radical (unpaired) electrons. The van der Waals surface area contributed by atoms with Crippen molar-refractivity contribution in [2.75, 3.05) is 39.3 Å². The Kier molecular flexibility index (Phi) is 8.18. The van der Waals surface area contributed by atoms with Gasteiger partial charge in [0.2, 0.25) is 0 Å². The molecule has 1 aliphatic rings. The van der Waals surface area contributed by atoms with Gasteiger partial charge in [-0.2, -0.15) is 13.2 Å². The minimum Gasteiger partial charge on any atom is -0.375 e. The fourth-order valence-corrected chi connectivity index (χ4v) is 2.85. The van der Waals surface area contributed by atoms with Crippen molar-refractivity contribution in [2.24, 2.45) is 4.99 Å². The minimum atomic E-state index is -4.15. The fraction of sp³-hybridized carbons (Fsp3) is 0.611. The van der Waals surface area contributed by atoms with E-state index in [4.69, 9.17) is 4.74 Å². The summed E-state index contributed by atoms with van der Waals surface area (Å²) >= 11 is 0. The summed E-state index contributed by atoms with van der Waals surface area (Å²) in [7, 11) is 0. The second-order valence-electron chi connectivity index (χ2n) is 6.28. The number of guanidine groups is 1. The van der Waals surface area contributed by atoms with Gasteiger partial charge < -0.3 is 15.4 Å². The van der Waals surface area contributed by atoms with E-state index < -0.39 is 12.7 Å². The van der Waals surface area contributed by atoms with Crippen molar-refractivity contribution in [3.05, 3.63) is 35.9 Å². The summed E-state index contributed by atoms with van der Waals surface area (Å²) in [5, 5.41) is 6.34. The van der Waals surface area contributed by atoms with Gasteiger partial charge in [-0.05, 0) is 18.9 Å². The molecule has 146 valence electrons. The zero-order valence-electron chi connectivity index (χ0n) is 15.1. The van der Waals surface area contributed by atoms with Crippen molar-refractivity contribution >= 4 is 5.96 Å². The highest BCUT2D eigenvalue weighted by molar-refractivity contribution is 5.80. The fourth-order valence-electron chi connectivity index (χ4n) is 2.85. The lowest BCUT2D eigenvalue weighted by molar-refractivity contribution is -0.143. The smallest absolute Gasteiger partial charge is 0.375 e. The molecule has 1 aliphatic heterocycles. The molecule has 0 spiro atoms. The van der Waals surface area contributed by atoms with E-state index in [9.17, 15) is 13.2 Å². The number of benzene rings is 1. The molecule has 0 amide bonds. The SMILES string of the molecule is CCNC(=NCCOCc1ccccc1)NC1CCN(CC(F)(F)F)C1. The molecule has 5 nitrogen and oxygen atoms in total. The first-order valence-electron chi connectivity index (χ1n) is 8.92. The van der Waals surface area contributed by atoms with Crippen LogP contribution in [0.25, 0.3) is 0 Å². The van der Waals surface area contributed by atoms with E-state index in [1.165, 1.54) is 4.90 Å². The third kappa shape index (κ3) is 8.05. The lowest BCUT2D eigenvalue weighted by atomic mass is 10.2. The summed E-state index contributed by atoms with van der Waals surface area (Å²) in [4.78, 5) is 5.86. The Hall–Kier alpha value is -1.80. The maximum Gasteiger partial charge on any atom is 0.401 e. The highest BCUT2D eigenvalue weighted by atomic mass is 19.4. The van der Waals surface area contributed by atoms with Crippen molar-refractivity contribution in [1.29, 1.82) is 0 Å². The molecule has 2 rings (SSSR count). The number of aliphatic imine (C=N–C) groups is 1. The zero-order chi connectivity index (χ0) is 18.8. The van der Waals surface area contributed by atoms with Crippen LogP contribution in [-0.4, -0.2) is 62.4 Å². The standard InChI is InChI=1S/C18H27F3N4O/c1-2-22-17(23-9-11-26-13-15-6-4-3-5-7-15)24-16-8-10-25(12-16)14-18(19,20)21/h3-7,16H,2,8-14H2,1H3,(H2,22,23,24). The highest BCUT2D eigenvalue weighted by Gasteiger charge is 2.34. The van der Waals surface area contributed by atoms with Crippen molar-refractivity contribution in [2.45, 2.75) is 32.2 Å². The molecule has 1 unspecified atom stereocenters. The molecule has 0 aromatic heterocycles. The van der Waals surface area contributed by atoms with Gasteiger partial charge in [0.05, 0.1) is 26.3 Å². The summed E-state index contributed by atoms with van der Waals surface area (Å²) in [6, 6.07) is 9.87. The molecule has 1 saturated heterocycles. The number of ether oxygens (including phenoxy) is 1. The van der Waals surface area contributed by atoms with Crippen molar-refractivity contribution in [3.8, 4) is 0 Å². The van der Waals surface area contributed by atoms with Gasteiger partial charge >= 0.3 is 6.18 Å². The van der Waals surface area contributed by atoms with Gasteiger partial charge in [0.1, 0.15) is 0 Å². The normalized spacial score (nSPS) is 18.9. The highest BCUT2D eigenvalue weighted by Crippen LogP contribution is 2.19. The maximum atomic E-state index is 12.5. The zero-order valence-corrected chi connectivity index (χ0v) is 15.1. The summed E-state index contributed by atoms with van der Waals surface area (Å²) in [5.74, 6) is 0.620. The lowest BCUT2D eigenvalue weighted by Gasteiger charge is -2.19. The molecule has 26 heavy (non-hydrogen) atoms. The molecule has 1 aromatic carbocycles. The first-order valence-corrected chi connectivity index (χ1v) is 8.92. The minimum absolute atomic E-state index is 0.0274. The van der Waals surface area contributed by atoms with Crippen LogP contribution in [0.5, 0.6) is 0 Å². The monoisotopic (exact) mass is 372 g/mol. The van der Waals surface area contributed by atoms with Gasteiger partial charge in [-0.15, -0.1) is 0 Å². The molecule has 1 aromatic rings. The third-order valence-electron chi connectivity index (χ3n) is 3.98. The summed E-state index contributed by atoms with van der Waals surface area (Å²) in [6.07, 6.45) is -3.48. The first kappa shape index (κ1) is 20.5. The van der Waals surface area contributed by atoms with Crippen molar-refractivity contribution in [3.63, 3.8) is 0 Å². The van der Waals surface area contributed by atoms with Crippen LogP contribution < -0.4 is 10.6 Å². The lowest BCUT2D eigenvalue weighted by Crippen LogP contribution is -2.45. The van der Waals surface area contributed by atoms with E-state index in [0.717, 1.165) is 5.56 Å². The Morgan fingerprint density at radius 1 is 1.31 bits per heavy atom. The largest absolute Gasteiger partial charge is 0.401 e. The number of halogens is 3. The van der Waals surface area contributed by atoms with Crippen molar-refractivity contribution in [1.82, 2.24) is 15.5 Å². The average molecular weight is 372 g/mol. The number of alkyl halides is 3. The Balaban J connectivity index is 1.71. The summed E-state index contributed by atoms with van der Waals surface area (Å²) in [6.45, 7) is 4.10. The van der Waals surface area contributed by atoms with Gasteiger partial charge in [0.25, 0.3) is 0 Å². The van der Waals surface area contributed by atoms with Crippen LogP contribution in [0.4, 0.5) is 13.2 Å². The maximum absolute atomic E-state index is 12.5. The van der Waals surface area contributed by atoms with Crippen LogP contribution in [0.15, 0.2) is 35.3 Å². The Morgan fingerprint density at radius 2 is 2.08 bits per heavy atom. The van der Waals surface area contributed by atoms with E-state index in [-0.39, 0.29) is 6.04 Å². The van der Waals surface area contributed by atoms with E-state index in [0.29, 0.717) is 51.8 Å². The molecule has 0 saturated carbocycles. The Labute approximate surface area is 152 Å². The van der Waals surface area contributed by atoms with E-state index in [2.05, 4.69) is 15.6 Å². The van der Waals surface area contributed by atoms with E-state index >= 15 is 0 Å². The predicted octanol–water partition coefficient (Wildman–Crippen LogP) is 2.39. The van der Waals surface area contributed by atoms with Crippen LogP contribution in [0.2, 0.25) is 0 Å². The van der Waals surface area contributed by atoms with Crippen LogP contribution in [0, 0.1) is 0 Å². The van der Waals surface area contributed by atoms with Crippen molar-refractivity contribution < 1.29 is 17.9 Å². The Morgan fingerprint density at radius 3 is 2.77 bits per heavy atom. The molecule has 0 bridgehead atoms. The number of likely N-dealkylation sites (tertiary alicyclic amines) is 1. The molecular weight excluding hydrogens is 345 g/mol. The molecule has 1 fully saturated rings. The molecule has 8 heteroatoms. The molecule has 1 heterocycles. The van der Waals surface area contributed by atoms with Gasteiger partial charge in [-0.1, -0.05) is 30.3 Å². The number of hydrogen-bond acceptors (Lipinski definition) is 3. The van der Waals surface area contributed by atoms with Crippen LogP contribution in [0.1, 0.15) is 18.9 Å². The van der Waals surface area contributed by atoms with Crippen LogP contribution in [-0.2, 0) is 11.3 Å². The number of hydrogen-bond donors (Lipinski definition) is 2. The van der Waals surface area contributed by atoms with Crippen LogP contribution in [0.3, 0.4) is 0 Å². The average Bonchev–Trinajstić information content (AvgIpc) is 3.00. The second-order valence-corrected chi connectivity index (χ2v) is 6.28. The van der Waals surface area contributed by atoms with Crippen LogP contribution >= 0.6 is 0 Å². The van der Waals surface area contributed by atoms with E-state index in [1.54, 1.807) is 0 Å². The Bertz CT molecular complexity index is 551. The predicted molar refractivity (Wildman–Crippen MR) is 96.1 cm³/mol. The second kappa shape index (κ2) is 10.4.